The molecule has 2 N–H and O–H groups in total. The van der Waals surface area contributed by atoms with Gasteiger partial charge in [0.1, 0.15) is 4.90 Å². The highest BCUT2D eigenvalue weighted by Gasteiger charge is 2.19. The monoisotopic (exact) mass is 330 g/mol. The Kier molecular flexibility index (Phi) is 8.52. The molecule has 0 unspecified atom stereocenters. The number of halogens is 3. The van der Waals surface area contributed by atoms with E-state index in [9.17, 15) is 12.8 Å². The van der Waals surface area contributed by atoms with Gasteiger partial charge in [-0.1, -0.05) is 24.6 Å². The molecule has 0 saturated heterocycles. The summed E-state index contributed by atoms with van der Waals surface area (Å²) in [7, 11) is -3.85. The summed E-state index contributed by atoms with van der Waals surface area (Å²) in [5.74, 6) is -0.923. The minimum atomic E-state index is -3.85. The molecule has 1 rings (SSSR count). The van der Waals surface area contributed by atoms with E-state index in [0.717, 1.165) is 13.0 Å². The second-order valence-corrected chi connectivity index (χ2v) is 5.84. The third-order valence-corrected chi connectivity index (χ3v) is 4.00. The van der Waals surface area contributed by atoms with Gasteiger partial charge in [-0.2, -0.15) is 0 Å². The molecular weight excluding hydrogens is 314 g/mol. The van der Waals surface area contributed by atoms with Crippen LogP contribution < -0.4 is 10.0 Å². The van der Waals surface area contributed by atoms with E-state index in [0.29, 0.717) is 6.54 Å². The maximum Gasteiger partial charge on any atom is 0.243 e. The molecular formula is C11H17Cl2FN2O2S. The molecule has 0 fully saturated rings. The fourth-order valence-electron chi connectivity index (χ4n) is 1.34. The molecule has 0 aromatic heterocycles. The third kappa shape index (κ3) is 5.62. The van der Waals surface area contributed by atoms with E-state index in [1.54, 1.807) is 0 Å². The van der Waals surface area contributed by atoms with Crippen molar-refractivity contribution in [3.05, 3.63) is 29.0 Å². The Balaban J connectivity index is 0.00000324. The van der Waals surface area contributed by atoms with Gasteiger partial charge in [-0.3, -0.25) is 0 Å². The fourth-order valence-corrected chi connectivity index (χ4v) is 2.71. The molecule has 0 aliphatic heterocycles. The lowest BCUT2D eigenvalue weighted by Gasteiger charge is -2.08. The molecule has 0 spiro atoms. The lowest BCUT2D eigenvalue weighted by Crippen LogP contribution is -2.32. The number of hydrogen-bond acceptors (Lipinski definition) is 3. The molecule has 0 saturated carbocycles. The molecule has 0 aliphatic carbocycles. The van der Waals surface area contributed by atoms with Gasteiger partial charge in [0, 0.05) is 13.1 Å². The first-order valence-corrected chi connectivity index (χ1v) is 7.49. The van der Waals surface area contributed by atoms with E-state index in [-0.39, 0.29) is 24.0 Å². The first-order valence-electron chi connectivity index (χ1n) is 5.63. The van der Waals surface area contributed by atoms with E-state index >= 15 is 0 Å². The van der Waals surface area contributed by atoms with Gasteiger partial charge < -0.3 is 5.32 Å². The normalized spacial score (nSPS) is 11.1. The van der Waals surface area contributed by atoms with Crippen LogP contribution in [0.5, 0.6) is 0 Å². The molecule has 0 amide bonds. The number of sulfonamides is 1. The Morgan fingerprint density at radius 3 is 2.58 bits per heavy atom. The quantitative estimate of drug-likeness (QED) is 0.753. The summed E-state index contributed by atoms with van der Waals surface area (Å²) in [5.41, 5.74) is 0. The SMILES string of the molecule is CCCNCCNS(=O)(=O)c1cccc(Cl)c1F.Cl. The minimum Gasteiger partial charge on any atom is -0.315 e. The largest absolute Gasteiger partial charge is 0.315 e. The van der Waals surface area contributed by atoms with E-state index in [2.05, 4.69) is 10.0 Å². The maximum atomic E-state index is 13.6. The molecule has 0 aliphatic rings. The van der Waals surface area contributed by atoms with Crippen LogP contribution in [0.2, 0.25) is 5.02 Å². The average molecular weight is 331 g/mol. The average Bonchev–Trinajstić information content (AvgIpc) is 2.32. The van der Waals surface area contributed by atoms with E-state index < -0.39 is 20.7 Å². The van der Waals surface area contributed by atoms with Crippen LogP contribution >= 0.6 is 24.0 Å². The molecule has 1 aromatic carbocycles. The molecule has 110 valence electrons. The zero-order valence-corrected chi connectivity index (χ0v) is 12.8. The van der Waals surface area contributed by atoms with Crippen molar-refractivity contribution in [3.63, 3.8) is 0 Å². The zero-order valence-electron chi connectivity index (χ0n) is 10.4. The summed E-state index contributed by atoms with van der Waals surface area (Å²) in [6.45, 7) is 3.52. The van der Waals surface area contributed by atoms with E-state index in [4.69, 9.17) is 11.6 Å². The summed E-state index contributed by atoms with van der Waals surface area (Å²) in [5, 5.41) is 2.83. The third-order valence-electron chi connectivity index (χ3n) is 2.23. The Bertz CT molecular complexity index is 497. The highest BCUT2D eigenvalue weighted by molar-refractivity contribution is 7.89. The van der Waals surface area contributed by atoms with Gasteiger partial charge in [-0.05, 0) is 25.1 Å². The molecule has 4 nitrogen and oxygen atoms in total. The van der Waals surface area contributed by atoms with Crippen molar-refractivity contribution in [1.82, 2.24) is 10.0 Å². The summed E-state index contributed by atoms with van der Waals surface area (Å²) in [6.07, 6.45) is 0.968. The summed E-state index contributed by atoms with van der Waals surface area (Å²) >= 11 is 5.54. The van der Waals surface area contributed by atoms with Gasteiger partial charge in [-0.25, -0.2) is 17.5 Å². The number of hydrogen-bond donors (Lipinski definition) is 2. The van der Waals surface area contributed by atoms with Gasteiger partial charge in [0.15, 0.2) is 5.82 Å². The first kappa shape index (κ1) is 18.6. The second-order valence-electron chi connectivity index (χ2n) is 3.70. The van der Waals surface area contributed by atoms with Crippen LogP contribution in [0.4, 0.5) is 4.39 Å². The Morgan fingerprint density at radius 1 is 1.26 bits per heavy atom. The highest BCUT2D eigenvalue weighted by Crippen LogP contribution is 2.21. The van der Waals surface area contributed by atoms with Crippen LogP contribution in [-0.2, 0) is 10.0 Å². The standard InChI is InChI=1S/C11H16ClFN2O2S.ClH/c1-2-6-14-7-8-15-18(16,17)10-5-3-4-9(12)11(10)13;/h3-5,14-15H,2,6-8H2,1H3;1H. The molecule has 0 heterocycles. The van der Waals surface area contributed by atoms with Crippen LogP contribution in [0, 0.1) is 5.82 Å². The van der Waals surface area contributed by atoms with Crippen molar-refractivity contribution in [2.45, 2.75) is 18.2 Å². The van der Waals surface area contributed by atoms with E-state index in [1.807, 2.05) is 6.92 Å². The Labute approximate surface area is 124 Å². The number of nitrogens with one attached hydrogen (secondary N) is 2. The lowest BCUT2D eigenvalue weighted by atomic mass is 10.3. The Morgan fingerprint density at radius 2 is 1.95 bits per heavy atom. The minimum absolute atomic E-state index is 0. The van der Waals surface area contributed by atoms with Crippen LogP contribution in [0.1, 0.15) is 13.3 Å². The van der Waals surface area contributed by atoms with Gasteiger partial charge in [-0.15, -0.1) is 12.4 Å². The van der Waals surface area contributed by atoms with Crippen molar-refractivity contribution >= 4 is 34.0 Å². The molecule has 1 aromatic rings. The molecule has 0 radical (unpaired) electrons. The number of rotatable bonds is 7. The van der Waals surface area contributed by atoms with Crippen molar-refractivity contribution in [1.29, 1.82) is 0 Å². The van der Waals surface area contributed by atoms with Crippen molar-refractivity contribution in [3.8, 4) is 0 Å². The molecule has 0 bridgehead atoms. The first-order chi connectivity index (χ1) is 8.49. The van der Waals surface area contributed by atoms with Gasteiger partial charge in [0.25, 0.3) is 0 Å². The van der Waals surface area contributed by atoms with Crippen LogP contribution in [-0.4, -0.2) is 28.1 Å². The summed E-state index contributed by atoms with van der Waals surface area (Å²) in [6, 6.07) is 3.89. The van der Waals surface area contributed by atoms with E-state index in [1.165, 1.54) is 18.2 Å². The lowest BCUT2D eigenvalue weighted by molar-refractivity contribution is 0.554. The second kappa shape index (κ2) is 8.71. The number of benzene rings is 1. The zero-order chi connectivity index (χ0) is 13.6. The predicted molar refractivity (Wildman–Crippen MR) is 77.0 cm³/mol. The molecule has 0 atom stereocenters. The van der Waals surface area contributed by atoms with Crippen molar-refractivity contribution in [2.75, 3.05) is 19.6 Å². The smallest absolute Gasteiger partial charge is 0.243 e. The Hall–Kier alpha value is -0.400. The van der Waals surface area contributed by atoms with Crippen molar-refractivity contribution < 1.29 is 12.8 Å². The molecule has 8 heteroatoms. The summed E-state index contributed by atoms with van der Waals surface area (Å²) in [4.78, 5) is -0.425. The van der Waals surface area contributed by atoms with Gasteiger partial charge >= 0.3 is 0 Å². The maximum absolute atomic E-state index is 13.6. The van der Waals surface area contributed by atoms with Crippen LogP contribution in [0.15, 0.2) is 23.1 Å². The predicted octanol–water partition coefficient (Wildman–Crippen LogP) is 2.18. The van der Waals surface area contributed by atoms with Crippen molar-refractivity contribution in [2.24, 2.45) is 0 Å². The summed E-state index contributed by atoms with van der Waals surface area (Å²) < 4.78 is 39.5. The molecule has 19 heavy (non-hydrogen) atoms. The highest BCUT2D eigenvalue weighted by atomic mass is 35.5. The van der Waals surface area contributed by atoms with Crippen LogP contribution in [0.25, 0.3) is 0 Å². The topological polar surface area (TPSA) is 58.2 Å². The van der Waals surface area contributed by atoms with Gasteiger partial charge in [0.05, 0.1) is 5.02 Å². The van der Waals surface area contributed by atoms with Gasteiger partial charge in [0.2, 0.25) is 10.0 Å². The van der Waals surface area contributed by atoms with Crippen LogP contribution in [0.3, 0.4) is 0 Å². The fraction of sp³-hybridized carbons (Fsp3) is 0.455.